The first-order chi connectivity index (χ1) is 13.2. The van der Waals surface area contributed by atoms with Crippen LogP contribution in [0.1, 0.15) is 76.7 Å². The summed E-state index contributed by atoms with van der Waals surface area (Å²) >= 11 is 0. The lowest BCUT2D eigenvalue weighted by atomic mass is 10.0. The van der Waals surface area contributed by atoms with Crippen molar-refractivity contribution < 1.29 is 17.8 Å². The van der Waals surface area contributed by atoms with Gasteiger partial charge in [0.2, 0.25) is 0 Å². The van der Waals surface area contributed by atoms with Gasteiger partial charge in [0.05, 0.1) is 11.2 Å². The van der Waals surface area contributed by atoms with Gasteiger partial charge in [0.25, 0.3) is 0 Å². The topological polar surface area (TPSA) is 74.3 Å². The minimum atomic E-state index is -4.27. The maximum Gasteiger partial charge on any atom is 0.181 e. The molecule has 2 rings (SSSR count). The van der Waals surface area contributed by atoms with Gasteiger partial charge in [-0.15, -0.1) is 0 Å². The number of Topliss-reactive ketones (excluding diaryl/α,β-unsaturated/α-hetero) is 1. The van der Waals surface area contributed by atoms with Gasteiger partial charge in [-0.25, -0.2) is 8.42 Å². The molecule has 160 valence electrons. The molecular formula is C22H36O4S2. The summed E-state index contributed by atoms with van der Waals surface area (Å²) in [5.74, 6) is 1.40. The summed E-state index contributed by atoms with van der Waals surface area (Å²) in [5.41, 5.74) is 0.928. The van der Waals surface area contributed by atoms with E-state index >= 15 is 0 Å². The van der Waals surface area contributed by atoms with Gasteiger partial charge in [0.15, 0.2) is 11.5 Å². The third kappa shape index (κ3) is 10.6. The first-order valence-corrected chi connectivity index (χ1v) is 13.7. The van der Waals surface area contributed by atoms with Crippen LogP contribution in [0.2, 0.25) is 0 Å². The number of benzene rings is 1. The van der Waals surface area contributed by atoms with Crippen LogP contribution < -0.4 is 0 Å². The Morgan fingerprint density at radius 3 is 2.21 bits per heavy atom. The molecule has 6 heteroatoms. The van der Waals surface area contributed by atoms with E-state index in [0.717, 1.165) is 29.4 Å². The summed E-state index contributed by atoms with van der Waals surface area (Å²) in [4.78, 5) is 11.7. The van der Waals surface area contributed by atoms with Gasteiger partial charge in [-0.2, -0.15) is 0 Å². The highest BCUT2D eigenvalue weighted by Crippen LogP contribution is 2.24. The number of unbranched alkanes of at least 4 members (excludes halogenated alkanes) is 3. The molecule has 1 fully saturated rings. The molecule has 0 N–H and O–H groups in total. The highest BCUT2D eigenvalue weighted by molar-refractivity contribution is 7.97. The van der Waals surface area contributed by atoms with Crippen LogP contribution in [0, 0.1) is 6.92 Å². The van der Waals surface area contributed by atoms with Crippen LogP contribution in [0.25, 0.3) is 0 Å². The van der Waals surface area contributed by atoms with E-state index in [4.69, 9.17) is 0 Å². The first kappa shape index (κ1) is 25.2. The van der Waals surface area contributed by atoms with E-state index in [-0.39, 0.29) is 4.90 Å². The minimum absolute atomic E-state index is 0.178. The number of hydrogen-bond donors (Lipinski definition) is 0. The Morgan fingerprint density at radius 2 is 1.68 bits per heavy atom. The number of aryl methyl sites for hydroxylation is 1. The Hall–Kier alpha value is -0.850. The number of rotatable bonds is 9. The molecule has 4 nitrogen and oxygen atoms in total. The largest absolute Gasteiger partial charge is 0.744 e. The van der Waals surface area contributed by atoms with Crippen LogP contribution in [-0.2, 0) is 25.8 Å². The Balaban J connectivity index is 0.000000307. The van der Waals surface area contributed by atoms with E-state index in [1.165, 1.54) is 63.5 Å². The van der Waals surface area contributed by atoms with Crippen molar-refractivity contribution in [1.29, 1.82) is 0 Å². The molecule has 0 aliphatic heterocycles. The first-order valence-electron chi connectivity index (χ1n) is 10.4. The summed E-state index contributed by atoms with van der Waals surface area (Å²) < 4.78 is 31.2. The zero-order valence-corrected chi connectivity index (χ0v) is 19.2. The Kier molecular flexibility index (Phi) is 12.0. The van der Waals surface area contributed by atoms with Gasteiger partial charge in [0, 0.05) is 6.42 Å². The van der Waals surface area contributed by atoms with Crippen molar-refractivity contribution in [2.75, 3.05) is 12.0 Å². The van der Waals surface area contributed by atoms with E-state index in [1.807, 2.05) is 6.92 Å². The molecule has 0 radical (unpaired) electrons. The van der Waals surface area contributed by atoms with E-state index in [1.54, 1.807) is 12.1 Å². The molecule has 0 aromatic heterocycles. The Labute approximate surface area is 174 Å². The van der Waals surface area contributed by atoms with Crippen molar-refractivity contribution in [2.24, 2.45) is 0 Å². The fraction of sp³-hybridized carbons (Fsp3) is 0.682. The summed E-state index contributed by atoms with van der Waals surface area (Å²) in [6.45, 7) is 4.04. The molecule has 1 saturated carbocycles. The molecule has 1 unspecified atom stereocenters. The zero-order valence-electron chi connectivity index (χ0n) is 17.6. The van der Waals surface area contributed by atoms with Crippen LogP contribution in [0.3, 0.4) is 0 Å². The second kappa shape index (κ2) is 13.4. The molecule has 0 saturated heterocycles. The van der Waals surface area contributed by atoms with E-state index in [2.05, 4.69) is 13.2 Å². The maximum absolute atomic E-state index is 11.9. The van der Waals surface area contributed by atoms with E-state index in [0.29, 0.717) is 16.7 Å². The van der Waals surface area contributed by atoms with Gasteiger partial charge >= 0.3 is 0 Å². The van der Waals surface area contributed by atoms with E-state index < -0.39 is 10.1 Å². The predicted octanol–water partition coefficient (Wildman–Crippen LogP) is 5.01. The molecule has 0 bridgehead atoms. The van der Waals surface area contributed by atoms with Gasteiger partial charge in [-0.3, -0.25) is 4.79 Å². The summed E-state index contributed by atoms with van der Waals surface area (Å²) in [7, 11) is -3.91. The Morgan fingerprint density at radius 1 is 1.07 bits per heavy atom. The Bertz CT molecular complexity index is 662. The lowest BCUT2D eigenvalue weighted by Gasteiger charge is -2.20. The minimum Gasteiger partial charge on any atom is -0.744 e. The van der Waals surface area contributed by atoms with Crippen molar-refractivity contribution in [1.82, 2.24) is 0 Å². The standard InChI is InChI=1S/C15H29OS.C7H8O3S/c1-3-4-5-7-10-14(16)13-17(2)15-11-8-6-9-12-15;1-6-2-4-7(5-3-6)11(8,9)10/h15H,3-13H2,1-2H3;2-5H,1H3,(H,8,9,10)/q+1;/p-1. The lowest BCUT2D eigenvalue weighted by molar-refractivity contribution is -0.116. The monoisotopic (exact) mass is 428 g/mol. The molecule has 1 aliphatic rings. The quantitative estimate of drug-likeness (QED) is 0.315. The number of ketones is 1. The number of carbonyl (C=O) groups is 1. The number of carbonyl (C=O) groups excluding carboxylic acids is 1. The smallest absolute Gasteiger partial charge is 0.181 e. The average molecular weight is 429 g/mol. The second-order valence-electron chi connectivity index (χ2n) is 7.71. The molecule has 1 aliphatic carbocycles. The summed E-state index contributed by atoms with van der Waals surface area (Å²) in [6, 6.07) is 5.78. The van der Waals surface area contributed by atoms with Crippen LogP contribution >= 0.6 is 0 Å². The average Bonchev–Trinajstić information content (AvgIpc) is 2.66. The lowest BCUT2D eigenvalue weighted by Crippen LogP contribution is -2.29. The molecular weight excluding hydrogens is 392 g/mol. The molecule has 0 heterocycles. The third-order valence-corrected chi connectivity index (χ3v) is 8.37. The molecule has 0 amide bonds. The summed E-state index contributed by atoms with van der Waals surface area (Å²) in [6.07, 6.45) is 15.0. The van der Waals surface area contributed by atoms with Crippen molar-refractivity contribution in [3.63, 3.8) is 0 Å². The third-order valence-electron chi connectivity index (χ3n) is 5.13. The van der Waals surface area contributed by atoms with E-state index in [9.17, 15) is 17.8 Å². The molecule has 1 aromatic rings. The van der Waals surface area contributed by atoms with Crippen LogP contribution in [0.5, 0.6) is 0 Å². The highest BCUT2D eigenvalue weighted by Gasteiger charge is 2.29. The van der Waals surface area contributed by atoms with Gasteiger partial charge in [0.1, 0.15) is 15.4 Å². The van der Waals surface area contributed by atoms with Crippen molar-refractivity contribution in [3.8, 4) is 0 Å². The predicted molar refractivity (Wildman–Crippen MR) is 118 cm³/mol. The van der Waals surface area contributed by atoms with Crippen molar-refractivity contribution in [3.05, 3.63) is 29.8 Å². The van der Waals surface area contributed by atoms with Crippen LogP contribution in [-0.4, -0.2) is 36.0 Å². The van der Waals surface area contributed by atoms with Crippen molar-refractivity contribution >= 4 is 26.8 Å². The molecule has 28 heavy (non-hydrogen) atoms. The summed E-state index contributed by atoms with van der Waals surface area (Å²) in [5, 5.41) is 0.864. The maximum atomic E-state index is 11.9. The van der Waals surface area contributed by atoms with Crippen LogP contribution in [0.15, 0.2) is 29.2 Å². The van der Waals surface area contributed by atoms with Crippen LogP contribution in [0.4, 0.5) is 0 Å². The molecule has 0 spiro atoms. The second-order valence-corrected chi connectivity index (χ2v) is 11.4. The molecule has 1 atom stereocenters. The highest BCUT2D eigenvalue weighted by atomic mass is 32.2. The normalized spacial score (nSPS) is 16.1. The number of hydrogen-bond acceptors (Lipinski definition) is 4. The van der Waals surface area contributed by atoms with Gasteiger partial charge < -0.3 is 4.55 Å². The molecule has 1 aromatic carbocycles. The fourth-order valence-corrected chi connectivity index (χ4v) is 5.86. The SMILES string of the molecule is CCCCCCC(=O)C[S+](C)C1CCCCC1.Cc1ccc(S(=O)(=O)[O-])cc1. The fourth-order valence-electron chi connectivity index (χ4n) is 3.37. The van der Waals surface area contributed by atoms with Crippen molar-refractivity contribution in [2.45, 2.75) is 88.2 Å². The van der Waals surface area contributed by atoms with Gasteiger partial charge in [-0.05, 0) is 62.1 Å². The zero-order chi connectivity index (χ0) is 21.0. The van der Waals surface area contributed by atoms with Gasteiger partial charge in [-0.1, -0.05) is 50.3 Å².